The van der Waals surface area contributed by atoms with Crippen molar-refractivity contribution in [1.29, 1.82) is 0 Å². The minimum Gasteiger partial charge on any atom is -0.395 e. The van der Waals surface area contributed by atoms with Gasteiger partial charge in [0.25, 0.3) is 6.43 Å². The molecular weight excluding hydrogens is 216 g/mol. The number of nitrogens with one attached hydrogen (secondary N) is 1. The van der Waals surface area contributed by atoms with E-state index in [0.29, 0.717) is 12.1 Å². The standard InChI is InChI=1S/C11H15F2NO2/c12-11(13)9-3-1-2-8(4-9)5-14-10(6-15)7-16/h1-4,10-11,14-16H,5-7H2. The quantitative estimate of drug-likeness (QED) is 0.686. The van der Waals surface area contributed by atoms with E-state index in [4.69, 9.17) is 10.2 Å². The van der Waals surface area contributed by atoms with Crippen molar-refractivity contribution < 1.29 is 19.0 Å². The first-order chi connectivity index (χ1) is 7.67. The van der Waals surface area contributed by atoms with Crippen LogP contribution < -0.4 is 5.32 Å². The fraction of sp³-hybridized carbons (Fsp3) is 0.455. The lowest BCUT2D eigenvalue weighted by Crippen LogP contribution is -2.35. The second-order valence-corrected chi connectivity index (χ2v) is 3.49. The Hall–Kier alpha value is -1.04. The van der Waals surface area contributed by atoms with Gasteiger partial charge in [-0.25, -0.2) is 8.78 Å². The summed E-state index contributed by atoms with van der Waals surface area (Å²) in [4.78, 5) is 0. The molecule has 1 aromatic carbocycles. The number of aliphatic hydroxyl groups excluding tert-OH is 2. The molecule has 16 heavy (non-hydrogen) atoms. The van der Waals surface area contributed by atoms with Crippen molar-refractivity contribution in [3.05, 3.63) is 35.4 Å². The summed E-state index contributed by atoms with van der Waals surface area (Å²) in [6.45, 7) is -0.0393. The monoisotopic (exact) mass is 231 g/mol. The molecule has 0 spiro atoms. The van der Waals surface area contributed by atoms with Crippen LogP contribution in [0.25, 0.3) is 0 Å². The smallest absolute Gasteiger partial charge is 0.263 e. The van der Waals surface area contributed by atoms with Gasteiger partial charge in [-0.15, -0.1) is 0 Å². The highest BCUT2D eigenvalue weighted by Crippen LogP contribution is 2.19. The Morgan fingerprint density at radius 3 is 2.44 bits per heavy atom. The molecule has 0 heterocycles. The van der Waals surface area contributed by atoms with E-state index >= 15 is 0 Å². The topological polar surface area (TPSA) is 52.5 Å². The number of benzene rings is 1. The van der Waals surface area contributed by atoms with E-state index in [9.17, 15) is 8.78 Å². The second kappa shape index (κ2) is 6.52. The Kier molecular flexibility index (Phi) is 5.31. The van der Waals surface area contributed by atoms with Gasteiger partial charge in [-0.1, -0.05) is 18.2 Å². The van der Waals surface area contributed by atoms with Crippen LogP contribution in [0, 0.1) is 0 Å². The number of hydrogen-bond donors (Lipinski definition) is 3. The summed E-state index contributed by atoms with van der Waals surface area (Å²) in [5.74, 6) is 0. The van der Waals surface area contributed by atoms with Gasteiger partial charge in [-0.05, 0) is 11.6 Å². The number of rotatable bonds is 6. The molecule has 0 amide bonds. The number of hydrogen-bond acceptors (Lipinski definition) is 3. The second-order valence-electron chi connectivity index (χ2n) is 3.49. The highest BCUT2D eigenvalue weighted by molar-refractivity contribution is 5.24. The van der Waals surface area contributed by atoms with Crippen LogP contribution in [0.4, 0.5) is 8.78 Å². The van der Waals surface area contributed by atoms with Gasteiger partial charge >= 0.3 is 0 Å². The van der Waals surface area contributed by atoms with Gasteiger partial charge in [0, 0.05) is 12.1 Å². The minimum absolute atomic E-state index is 0.0242. The molecule has 0 bridgehead atoms. The van der Waals surface area contributed by atoms with E-state index in [0.717, 1.165) is 0 Å². The molecule has 0 aliphatic rings. The molecule has 5 heteroatoms. The van der Waals surface area contributed by atoms with E-state index in [1.54, 1.807) is 12.1 Å². The van der Waals surface area contributed by atoms with Gasteiger partial charge in [-0.3, -0.25) is 0 Å². The van der Waals surface area contributed by atoms with Crippen molar-refractivity contribution in [3.8, 4) is 0 Å². The third kappa shape index (κ3) is 3.84. The van der Waals surface area contributed by atoms with Crippen LogP contribution in [0.3, 0.4) is 0 Å². The number of halogens is 2. The molecular formula is C11H15F2NO2. The first kappa shape index (κ1) is 13.0. The normalized spacial score (nSPS) is 11.4. The molecule has 0 saturated heterocycles. The summed E-state index contributed by atoms with van der Waals surface area (Å²) in [6.07, 6.45) is -2.48. The molecule has 0 radical (unpaired) electrons. The predicted octanol–water partition coefficient (Wildman–Crippen LogP) is 1.07. The van der Waals surface area contributed by atoms with Crippen molar-refractivity contribution in [1.82, 2.24) is 5.32 Å². The molecule has 0 aromatic heterocycles. The molecule has 0 aliphatic carbocycles. The van der Waals surface area contributed by atoms with Crippen LogP contribution in [0.2, 0.25) is 0 Å². The van der Waals surface area contributed by atoms with Crippen LogP contribution in [0.5, 0.6) is 0 Å². The first-order valence-electron chi connectivity index (χ1n) is 4.99. The third-order valence-corrected chi connectivity index (χ3v) is 2.24. The fourth-order valence-electron chi connectivity index (χ4n) is 1.29. The lowest BCUT2D eigenvalue weighted by molar-refractivity contribution is 0.151. The zero-order chi connectivity index (χ0) is 12.0. The zero-order valence-electron chi connectivity index (χ0n) is 8.74. The van der Waals surface area contributed by atoms with Crippen LogP contribution in [-0.2, 0) is 6.54 Å². The average molecular weight is 231 g/mol. The van der Waals surface area contributed by atoms with E-state index in [2.05, 4.69) is 5.32 Å². The first-order valence-corrected chi connectivity index (χ1v) is 4.99. The molecule has 0 fully saturated rings. The van der Waals surface area contributed by atoms with Crippen molar-refractivity contribution in [2.24, 2.45) is 0 Å². The summed E-state index contributed by atoms with van der Waals surface area (Å²) in [5.41, 5.74) is 0.675. The van der Waals surface area contributed by atoms with Crippen LogP contribution >= 0.6 is 0 Å². The number of alkyl halides is 2. The summed E-state index contributed by atoms with van der Waals surface area (Å²) in [6, 6.07) is 5.62. The van der Waals surface area contributed by atoms with Crippen molar-refractivity contribution in [3.63, 3.8) is 0 Å². The van der Waals surface area contributed by atoms with Crippen molar-refractivity contribution in [2.45, 2.75) is 19.0 Å². The maximum Gasteiger partial charge on any atom is 0.263 e. The van der Waals surface area contributed by atoms with Gasteiger partial charge in [0.1, 0.15) is 0 Å². The predicted molar refractivity (Wildman–Crippen MR) is 56.2 cm³/mol. The van der Waals surface area contributed by atoms with E-state index < -0.39 is 12.5 Å². The summed E-state index contributed by atoms with van der Waals surface area (Å²) >= 11 is 0. The lowest BCUT2D eigenvalue weighted by Gasteiger charge is -2.13. The Bertz CT molecular complexity index is 317. The highest BCUT2D eigenvalue weighted by atomic mass is 19.3. The molecule has 1 rings (SSSR count). The molecule has 0 aliphatic heterocycles. The Morgan fingerprint density at radius 2 is 1.88 bits per heavy atom. The summed E-state index contributed by atoms with van der Waals surface area (Å²) in [7, 11) is 0. The van der Waals surface area contributed by atoms with Gasteiger partial charge < -0.3 is 15.5 Å². The Morgan fingerprint density at radius 1 is 1.19 bits per heavy atom. The molecule has 1 aromatic rings. The van der Waals surface area contributed by atoms with Gasteiger partial charge in [0.15, 0.2) is 0 Å². The lowest BCUT2D eigenvalue weighted by atomic mass is 10.1. The summed E-state index contributed by atoms with van der Waals surface area (Å²) in [5, 5.41) is 20.5. The van der Waals surface area contributed by atoms with Gasteiger partial charge in [0.2, 0.25) is 0 Å². The maximum atomic E-state index is 12.4. The summed E-state index contributed by atoms with van der Waals surface area (Å²) < 4.78 is 24.8. The average Bonchev–Trinajstić information content (AvgIpc) is 2.31. The van der Waals surface area contributed by atoms with Crippen LogP contribution in [0.15, 0.2) is 24.3 Å². The fourth-order valence-corrected chi connectivity index (χ4v) is 1.29. The molecule has 0 unspecified atom stereocenters. The number of aliphatic hydroxyl groups is 2. The zero-order valence-corrected chi connectivity index (χ0v) is 8.74. The van der Waals surface area contributed by atoms with Crippen LogP contribution in [0.1, 0.15) is 17.6 Å². The van der Waals surface area contributed by atoms with Crippen molar-refractivity contribution >= 4 is 0 Å². The van der Waals surface area contributed by atoms with E-state index in [1.807, 2.05) is 0 Å². The Labute approximate surface area is 92.7 Å². The van der Waals surface area contributed by atoms with Crippen LogP contribution in [-0.4, -0.2) is 29.5 Å². The third-order valence-electron chi connectivity index (χ3n) is 2.24. The van der Waals surface area contributed by atoms with E-state index in [-0.39, 0.29) is 18.8 Å². The molecule has 3 nitrogen and oxygen atoms in total. The van der Waals surface area contributed by atoms with Crippen molar-refractivity contribution in [2.75, 3.05) is 13.2 Å². The molecule has 0 saturated carbocycles. The molecule has 0 atom stereocenters. The molecule has 3 N–H and O–H groups in total. The minimum atomic E-state index is -2.48. The highest BCUT2D eigenvalue weighted by Gasteiger charge is 2.08. The van der Waals surface area contributed by atoms with Gasteiger partial charge in [0.05, 0.1) is 19.3 Å². The molecule has 90 valence electrons. The SMILES string of the molecule is OCC(CO)NCc1cccc(C(F)F)c1. The largest absolute Gasteiger partial charge is 0.395 e. The van der Waals surface area contributed by atoms with E-state index in [1.165, 1.54) is 12.1 Å². The van der Waals surface area contributed by atoms with Gasteiger partial charge in [-0.2, -0.15) is 0 Å². The maximum absolute atomic E-state index is 12.4. The Balaban J connectivity index is 2.56.